The second kappa shape index (κ2) is 7.37. The second-order valence-corrected chi connectivity index (χ2v) is 5.62. The van der Waals surface area contributed by atoms with Crippen molar-refractivity contribution in [3.8, 4) is 0 Å². The molecule has 0 N–H and O–H groups in total. The Labute approximate surface area is 81.0 Å². The zero-order chi connectivity index (χ0) is 8.69. The molecule has 0 heterocycles. The molecule has 0 aromatic rings. The van der Waals surface area contributed by atoms with Crippen molar-refractivity contribution in [2.75, 3.05) is 13.2 Å². The third-order valence-corrected chi connectivity index (χ3v) is 2.58. The third kappa shape index (κ3) is 10.7. The Morgan fingerprint density at radius 3 is 1.55 bits per heavy atom. The van der Waals surface area contributed by atoms with Crippen LogP contribution in [0.25, 0.3) is 0 Å². The Morgan fingerprint density at radius 2 is 1.27 bits per heavy atom. The van der Waals surface area contributed by atoms with Crippen LogP contribution in [-0.2, 0) is 6.15 Å². The summed E-state index contributed by atoms with van der Waals surface area (Å²) in [6.07, 6.45) is 0. The van der Waals surface area contributed by atoms with E-state index in [9.17, 15) is 0 Å². The van der Waals surface area contributed by atoms with Crippen LogP contribution < -0.4 is 0 Å². The van der Waals surface area contributed by atoms with E-state index >= 15 is 0 Å². The molecule has 0 unspecified atom stereocenters. The van der Waals surface area contributed by atoms with Gasteiger partial charge in [0.05, 0.1) is 0 Å². The average molecular weight is 265 g/mol. The van der Waals surface area contributed by atoms with E-state index < -0.39 is 22.0 Å². The van der Waals surface area contributed by atoms with Crippen LogP contribution in [0.4, 0.5) is 0 Å². The van der Waals surface area contributed by atoms with E-state index in [0.717, 1.165) is 13.2 Å². The first-order chi connectivity index (χ1) is 5.13. The molecule has 0 aliphatic carbocycles. The van der Waals surface area contributed by atoms with E-state index in [4.69, 9.17) is 6.15 Å². The monoisotopic (exact) mass is 266 g/mol. The van der Waals surface area contributed by atoms with Crippen LogP contribution in [0.5, 0.6) is 0 Å². The van der Waals surface area contributed by atoms with Crippen LogP contribution >= 0.6 is 0 Å². The predicted octanol–water partition coefficient (Wildman–Crippen LogP) is 1.87. The molecule has 0 saturated heterocycles. The van der Waals surface area contributed by atoms with Crippen molar-refractivity contribution in [3.05, 3.63) is 0 Å². The summed E-state index contributed by atoms with van der Waals surface area (Å²) in [5.41, 5.74) is 0. The third-order valence-electron chi connectivity index (χ3n) is 0.951. The fourth-order valence-electron chi connectivity index (χ4n) is 0.443. The van der Waals surface area contributed by atoms with E-state index in [1.807, 2.05) is 0 Å². The molecule has 0 aliphatic heterocycles. The first-order valence-electron chi connectivity index (χ1n) is 4.11. The number of rotatable bonds is 6. The molecule has 11 heavy (non-hydrogen) atoms. The number of hydrogen-bond donors (Lipinski definition) is 0. The van der Waals surface area contributed by atoms with E-state index in [1.54, 1.807) is 0 Å². The van der Waals surface area contributed by atoms with Crippen molar-refractivity contribution >= 4 is 22.0 Å². The summed E-state index contributed by atoms with van der Waals surface area (Å²) < 4.78 is 10.8. The van der Waals surface area contributed by atoms with E-state index in [1.165, 1.54) is 0 Å². The van der Waals surface area contributed by atoms with Crippen LogP contribution in [0.1, 0.15) is 27.7 Å². The van der Waals surface area contributed by atoms with Gasteiger partial charge in [0.1, 0.15) is 0 Å². The Kier molecular flexibility index (Phi) is 7.85. The molecule has 2 nitrogen and oxygen atoms in total. The van der Waals surface area contributed by atoms with E-state index in [-0.39, 0.29) is 0 Å². The molecule has 0 amide bonds. The molecular formula is C8H18O2Sn+2. The molecular weight excluding hydrogens is 247 g/mol. The van der Waals surface area contributed by atoms with Gasteiger partial charge in [-0.1, -0.05) is 0 Å². The van der Waals surface area contributed by atoms with Crippen molar-refractivity contribution in [1.29, 1.82) is 0 Å². The van der Waals surface area contributed by atoms with E-state index in [2.05, 4.69) is 27.7 Å². The van der Waals surface area contributed by atoms with Gasteiger partial charge in [-0.25, -0.2) is 0 Å². The van der Waals surface area contributed by atoms with Gasteiger partial charge >= 0.3 is 80.9 Å². The van der Waals surface area contributed by atoms with Crippen molar-refractivity contribution in [3.63, 3.8) is 0 Å². The zero-order valence-electron chi connectivity index (χ0n) is 7.89. The first kappa shape index (κ1) is 11.7. The number of hydrogen-bond acceptors (Lipinski definition) is 2. The minimum absolute atomic E-state index is 0.638. The summed E-state index contributed by atoms with van der Waals surface area (Å²) in [5.74, 6) is 1.28. The quantitative estimate of drug-likeness (QED) is 0.539. The van der Waals surface area contributed by atoms with Gasteiger partial charge in [-0.15, -0.1) is 0 Å². The van der Waals surface area contributed by atoms with Crippen LogP contribution in [0.15, 0.2) is 0 Å². The van der Waals surface area contributed by atoms with E-state index in [0.29, 0.717) is 11.8 Å². The standard InChI is InChI=1S/2C4H9O.Sn/c2*1-4(2)3-5;/h2*4H,3H2,1-2H3;/q2*-1;+4. The van der Waals surface area contributed by atoms with Gasteiger partial charge in [0.15, 0.2) is 0 Å². The van der Waals surface area contributed by atoms with Gasteiger partial charge in [0, 0.05) is 0 Å². The fourth-order valence-corrected chi connectivity index (χ4v) is 2.97. The van der Waals surface area contributed by atoms with Gasteiger partial charge in [0.2, 0.25) is 0 Å². The summed E-state index contributed by atoms with van der Waals surface area (Å²) in [6, 6.07) is 0. The van der Waals surface area contributed by atoms with Gasteiger partial charge in [0.25, 0.3) is 0 Å². The average Bonchev–Trinajstić information content (AvgIpc) is 1.85. The first-order valence-corrected chi connectivity index (χ1v) is 6.44. The van der Waals surface area contributed by atoms with Crippen molar-refractivity contribution < 1.29 is 6.15 Å². The van der Waals surface area contributed by atoms with Crippen molar-refractivity contribution in [2.24, 2.45) is 11.8 Å². The van der Waals surface area contributed by atoms with Gasteiger partial charge in [-0.05, 0) is 0 Å². The Balaban J connectivity index is 2.91. The SMILES string of the molecule is CC(C)C[O][Sn+2][O]CC(C)C. The summed E-state index contributed by atoms with van der Waals surface area (Å²) in [6.45, 7) is 10.3. The summed E-state index contributed by atoms with van der Waals surface area (Å²) in [5, 5.41) is 0. The van der Waals surface area contributed by atoms with Gasteiger partial charge < -0.3 is 0 Å². The minimum atomic E-state index is -0.924. The summed E-state index contributed by atoms with van der Waals surface area (Å²) in [4.78, 5) is 0. The molecule has 0 bridgehead atoms. The molecule has 0 rings (SSSR count). The van der Waals surface area contributed by atoms with Crippen molar-refractivity contribution in [2.45, 2.75) is 27.7 Å². The molecule has 64 valence electrons. The van der Waals surface area contributed by atoms with Crippen LogP contribution in [0.2, 0.25) is 0 Å². The second-order valence-electron chi connectivity index (χ2n) is 3.49. The normalized spacial score (nSPS) is 10.7. The zero-order valence-corrected chi connectivity index (χ0v) is 10.7. The predicted molar refractivity (Wildman–Crippen MR) is 47.3 cm³/mol. The Morgan fingerprint density at radius 1 is 0.909 bits per heavy atom. The molecule has 0 fully saturated rings. The van der Waals surface area contributed by atoms with Crippen LogP contribution in [-0.4, -0.2) is 35.2 Å². The molecule has 0 atom stereocenters. The van der Waals surface area contributed by atoms with Crippen LogP contribution in [0.3, 0.4) is 0 Å². The molecule has 0 radical (unpaired) electrons. The van der Waals surface area contributed by atoms with Crippen LogP contribution in [0, 0.1) is 11.8 Å². The van der Waals surface area contributed by atoms with Crippen molar-refractivity contribution in [1.82, 2.24) is 0 Å². The van der Waals surface area contributed by atoms with Gasteiger partial charge in [-0.2, -0.15) is 0 Å². The molecule has 0 saturated carbocycles. The molecule has 0 aliphatic rings. The Hall–Kier alpha value is 0.719. The fraction of sp³-hybridized carbons (Fsp3) is 1.00. The molecule has 0 spiro atoms. The maximum atomic E-state index is 5.39. The molecule has 3 heteroatoms. The van der Waals surface area contributed by atoms with Gasteiger partial charge in [-0.3, -0.25) is 0 Å². The molecule has 0 aromatic carbocycles. The topological polar surface area (TPSA) is 18.5 Å². The summed E-state index contributed by atoms with van der Waals surface area (Å²) in [7, 11) is 0. The summed E-state index contributed by atoms with van der Waals surface area (Å²) >= 11 is -0.924. The Bertz CT molecular complexity index is 74.2. The molecule has 0 aromatic heterocycles. The maximum absolute atomic E-state index is 5.39.